The Kier molecular flexibility index (Phi) is 4.53. The molecule has 1 aromatic heterocycles. The van der Waals surface area contributed by atoms with Crippen LogP contribution in [0.15, 0.2) is 77.2 Å². The first-order valence-electron chi connectivity index (χ1n) is 8.32. The average Bonchev–Trinajstić information content (AvgIpc) is 3.12. The van der Waals surface area contributed by atoms with E-state index in [1.54, 1.807) is 12.1 Å². The van der Waals surface area contributed by atoms with Crippen molar-refractivity contribution in [2.24, 2.45) is 0 Å². The Labute approximate surface area is 154 Å². The van der Waals surface area contributed by atoms with Gasteiger partial charge < -0.3 is 14.5 Å². The molecule has 1 heterocycles. The zero-order valence-corrected chi connectivity index (χ0v) is 14.2. The smallest absolute Gasteiger partial charge is 0.262 e. The Balaban J connectivity index is 1.38. The molecule has 1 amide bonds. The molecule has 0 unspecified atom stereocenters. The summed E-state index contributed by atoms with van der Waals surface area (Å²) in [5, 5.41) is 2.74. The van der Waals surface area contributed by atoms with Crippen molar-refractivity contribution in [3.63, 3.8) is 0 Å². The Morgan fingerprint density at radius 1 is 1.00 bits per heavy atom. The maximum atomic E-state index is 12.8. The lowest BCUT2D eigenvalue weighted by Crippen LogP contribution is -2.20. The van der Waals surface area contributed by atoms with Gasteiger partial charge in [-0.2, -0.15) is 0 Å². The Morgan fingerprint density at radius 2 is 1.74 bits per heavy atom. The van der Waals surface area contributed by atoms with E-state index < -0.39 is 0 Å². The molecular weight excluding hydrogens is 347 g/mol. The van der Waals surface area contributed by atoms with Crippen molar-refractivity contribution in [3.8, 4) is 17.2 Å². The number of aromatic nitrogens is 1. The largest absolute Gasteiger partial charge is 0.484 e. The topological polar surface area (TPSA) is 64.4 Å². The van der Waals surface area contributed by atoms with E-state index in [2.05, 4.69) is 10.3 Å². The standard InChI is InChI=1S/C21H15FN2O3/c22-15-7-11-17(12-8-15)26-13-20(25)23-16-9-5-14(6-10-16)21-24-18-3-1-2-4-19(18)27-21/h1-12H,13H2,(H,23,25). The number of anilines is 1. The van der Waals surface area contributed by atoms with Crippen LogP contribution in [0.1, 0.15) is 0 Å². The minimum atomic E-state index is -0.356. The summed E-state index contributed by atoms with van der Waals surface area (Å²) < 4.78 is 23.9. The van der Waals surface area contributed by atoms with Crippen LogP contribution in [-0.2, 0) is 4.79 Å². The molecular formula is C21H15FN2O3. The number of hydrogen-bond donors (Lipinski definition) is 1. The van der Waals surface area contributed by atoms with E-state index in [-0.39, 0.29) is 18.3 Å². The third kappa shape index (κ3) is 3.95. The van der Waals surface area contributed by atoms with Gasteiger partial charge in [0.05, 0.1) is 0 Å². The molecule has 4 aromatic rings. The predicted octanol–water partition coefficient (Wildman–Crippen LogP) is 4.65. The van der Waals surface area contributed by atoms with Crippen LogP contribution >= 0.6 is 0 Å². The quantitative estimate of drug-likeness (QED) is 0.561. The third-order valence-corrected chi connectivity index (χ3v) is 3.89. The number of fused-ring (bicyclic) bond motifs is 1. The van der Waals surface area contributed by atoms with E-state index in [0.717, 1.165) is 16.7 Å². The van der Waals surface area contributed by atoms with Gasteiger partial charge in [-0.1, -0.05) is 12.1 Å². The zero-order valence-electron chi connectivity index (χ0n) is 14.2. The van der Waals surface area contributed by atoms with Gasteiger partial charge in [-0.05, 0) is 60.7 Å². The SMILES string of the molecule is O=C(COc1ccc(F)cc1)Nc1ccc(-c2nc3ccccc3o2)cc1. The lowest BCUT2D eigenvalue weighted by molar-refractivity contribution is -0.118. The summed E-state index contributed by atoms with van der Waals surface area (Å²) in [5.74, 6) is 0.284. The van der Waals surface area contributed by atoms with Gasteiger partial charge in [0.15, 0.2) is 12.2 Å². The number of nitrogens with one attached hydrogen (secondary N) is 1. The van der Waals surface area contributed by atoms with Gasteiger partial charge in [-0.3, -0.25) is 4.79 Å². The lowest BCUT2D eigenvalue weighted by atomic mass is 10.2. The minimum Gasteiger partial charge on any atom is -0.484 e. The Bertz CT molecular complexity index is 1040. The van der Waals surface area contributed by atoms with Gasteiger partial charge in [-0.25, -0.2) is 9.37 Å². The fourth-order valence-corrected chi connectivity index (χ4v) is 2.57. The second kappa shape index (κ2) is 7.29. The van der Waals surface area contributed by atoms with Gasteiger partial charge in [-0.15, -0.1) is 0 Å². The molecule has 134 valence electrons. The minimum absolute atomic E-state index is 0.168. The van der Waals surface area contributed by atoms with Gasteiger partial charge in [0.2, 0.25) is 5.89 Å². The molecule has 0 bridgehead atoms. The molecule has 27 heavy (non-hydrogen) atoms. The van der Waals surface area contributed by atoms with Crippen LogP contribution in [0.3, 0.4) is 0 Å². The summed E-state index contributed by atoms with van der Waals surface area (Å²) in [5.41, 5.74) is 2.96. The van der Waals surface area contributed by atoms with E-state index in [1.807, 2.05) is 36.4 Å². The highest BCUT2D eigenvalue weighted by Crippen LogP contribution is 2.25. The molecule has 6 heteroatoms. The molecule has 0 radical (unpaired) electrons. The fourth-order valence-electron chi connectivity index (χ4n) is 2.57. The molecule has 0 aliphatic carbocycles. The number of halogens is 1. The molecule has 0 fully saturated rings. The molecule has 5 nitrogen and oxygen atoms in total. The highest BCUT2D eigenvalue weighted by Gasteiger charge is 2.09. The first-order chi connectivity index (χ1) is 13.2. The van der Waals surface area contributed by atoms with Crippen molar-refractivity contribution in [2.75, 3.05) is 11.9 Å². The van der Waals surface area contributed by atoms with Crippen LogP contribution < -0.4 is 10.1 Å². The molecule has 0 saturated carbocycles. The number of carbonyl (C=O) groups excluding carboxylic acids is 1. The van der Waals surface area contributed by atoms with Crippen molar-refractivity contribution in [3.05, 3.63) is 78.6 Å². The number of ether oxygens (including phenoxy) is 1. The van der Waals surface area contributed by atoms with Crippen LogP contribution in [0, 0.1) is 5.82 Å². The summed E-state index contributed by atoms with van der Waals surface area (Å²) in [6, 6.07) is 20.2. The number of oxazole rings is 1. The summed E-state index contributed by atoms with van der Waals surface area (Å²) in [7, 11) is 0. The maximum absolute atomic E-state index is 12.8. The average molecular weight is 362 g/mol. The molecule has 3 aromatic carbocycles. The normalized spacial score (nSPS) is 10.7. The number of para-hydroxylation sites is 2. The van der Waals surface area contributed by atoms with Crippen LogP contribution in [0.4, 0.5) is 10.1 Å². The predicted molar refractivity (Wildman–Crippen MR) is 100.0 cm³/mol. The van der Waals surface area contributed by atoms with Gasteiger partial charge in [0, 0.05) is 11.3 Å². The van der Waals surface area contributed by atoms with Crippen LogP contribution in [0.25, 0.3) is 22.6 Å². The number of nitrogens with zero attached hydrogens (tertiary/aromatic N) is 1. The van der Waals surface area contributed by atoms with Gasteiger partial charge in [0.1, 0.15) is 17.1 Å². The summed E-state index contributed by atoms with van der Waals surface area (Å²) >= 11 is 0. The highest BCUT2D eigenvalue weighted by molar-refractivity contribution is 5.92. The van der Waals surface area contributed by atoms with E-state index in [9.17, 15) is 9.18 Å². The van der Waals surface area contributed by atoms with E-state index in [4.69, 9.17) is 9.15 Å². The third-order valence-electron chi connectivity index (χ3n) is 3.89. The fraction of sp³-hybridized carbons (Fsp3) is 0.0476. The monoisotopic (exact) mass is 362 g/mol. The zero-order chi connectivity index (χ0) is 18.6. The number of rotatable bonds is 5. The summed E-state index contributed by atoms with van der Waals surface area (Å²) in [6.07, 6.45) is 0. The summed E-state index contributed by atoms with van der Waals surface area (Å²) in [6.45, 7) is -0.168. The van der Waals surface area contributed by atoms with E-state index in [0.29, 0.717) is 17.3 Å². The maximum Gasteiger partial charge on any atom is 0.262 e. The van der Waals surface area contributed by atoms with Crippen LogP contribution in [0.5, 0.6) is 5.75 Å². The lowest BCUT2D eigenvalue weighted by Gasteiger charge is -2.07. The molecule has 0 atom stereocenters. The first kappa shape index (κ1) is 16.8. The molecule has 4 rings (SSSR count). The number of benzene rings is 3. The van der Waals surface area contributed by atoms with Gasteiger partial charge >= 0.3 is 0 Å². The van der Waals surface area contributed by atoms with Crippen molar-refractivity contribution >= 4 is 22.7 Å². The van der Waals surface area contributed by atoms with Crippen molar-refractivity contribution in [1.29, 1.82) is 0 Å². The Hall–Kier alpha value is -3.67. The summed E-state index contributed by atoms with van der Waals surface area (Å²) in [4.78, 5) is 16.4. The number of carbonyl (C=O) groups is 1. The highest BCUT2D eigenvalue weighted by atomic mass is 19.1. The molecule has 0 saturated heterocycles. The second-order valence-electron chi connectivity index (χ2n) is 5.85. The van der Waals surface area contributed by atoms with Crippen molar-refractivity contribution in [1.82, 2.24) is 4.98 Å². The molecule has 0 aliphatic rings. The number of hydrogen-bond acceptors (Lipinski definition) is 4. The molecule has 1 N–H and O–H groups in total. The Morgan fingerprint density at radius 3 is 2.48 bits per heavy atom. The van der Waals surface area contributed by atoms with E-state index >= 15 is 0 Å². The number of amides is 1. The first-order valence-corrected chi connectivity index (χ1v) is 8.32. The van der Waals surface area contributed by atoms with Crippen molar-refractivity contribution < 1.29 is 18.3 Å². The van der Waals surface area contributed by atoms with Crippen LogP contribution in [0.2, 0.25) is 0 Å². The molecule has 0 aliphatic heterocycles. The van der Waals surface area contributed by atoms with Gasteiger partial charge in [0.25, 0.3) is 5.91 Å². The van der Waals surface area contributed by atoms with Crippen LogP contribution in [-0.4, -0.2) is 17.5 Å². The second-order valence-corrected chi connectivity index (χ2v) is 5.85. The van der Waals surface area contributed by atoms with E-state index in [1.165, 1.54) is 24.3 Å². The molecule has 0 spiro atoms. The van der Waals surface area contributed by atoms with Crippen molar-refractivity contribution in [2.45, 2.75) is 0 Å².